The molecule has 0 saturated heterocycles. The van der Waals surface area contributed by atoms with Gasteiger partial charge in [-0.05, 0) is 13.3 Å². The minimum atomic E-state index is 0.771. The van der Waals surface area contributed by atoms with Gasteiger partial charge in [-0.3, -0.25) is 0 Å². The van der Waals surface area contributed by atoms with Crippen molar-refractivity contribution in [1.29, 1.82) is 0 Å². The highest BCUT2D eigenvalue weighted by atomic mass is 16.5. The molecule has 2 rings (SSSR count). The van der Waals surface area contributed by atoms with Crippen LogP contribution in [0.3, 0.4) is 0 Å². The molecule has 2 heterocycles. The highest BCUT2D eigenvalue weighted by Crippen LogP contribution is 2.06. The van der Waals surface area contributed by atoms with Crippen LogP contribution in [0.4, 0.5) is 5.95 Å². The van der Waals surface area contributed by atoms with Gasteiger partial charge in [-0.25, -0.2) is 4.98 Å². The largest absolute Gasteiger partial charge is 0.382 e. The van der Waals surface area contributed by atoms with E-state index in [1.54, 1.807) is 6.33 Å². The molecule has 0 spiro atoms. The second kappa shape index (κ2) is 7.64. The quantitative estimate of drug-likeness (QED) is 0.695. The van der Waals surface area contributed by atoms with E-state index in [1.807, 2.05) is 30.9 Å². The first-order chi connectivity index (χ1) is 9.81. The Kier molecular flexibility index (Phi) is 5.55. The summed E-state index contributed by atoms with van der Waals surface area (Å²) in [7, 11) is 1.95. The van der Waals surface area contributed by atoms with E-state index in [2.05, 4.69) is 25.1 Å². The molecule has 7 nitrogen and oxygen atoms in total. The van der Waals surface area contributed by atoms with Crippen LogP contribution < -0.4 is 5.32 Å². The lowest BCUT2D eigenvalue weighted by atomic mass is 10.4. The Hall–Kier alpha value is -1.89. The minimum absolute atomic E-state index is 0.771. The Morgan fingerprint density at radius 3 is 3.05 bits per heavy atom. The summed E-state index contributed by atoms with van der Waals surface area (Å²) in [5.74, 6) is 1.86. The lowest BCUT2D eigenvalue weighted by molar-refractivity contribution is 0.142. The Morgan fingerprint density at radius 1 is 1.40 bits per heavy atom. The summed E-state index contributed by atoms with van der Waals surface area (Å²) in [6.45, 7) is 5.26. The van der Waals surface area contributed by atoms with Crippen molar-refractivity contribution < 1.29 is 4.74 Å². The van der Waals surface area contributed by atoms with Crippen molar-refractivity contribution in [1.82, 2.24) is 24.3 Å². The van der Waals surface area contributed by atoms with Crippen LogP contribution in [0.15, 0.2) is 18.7 Å². The van der Waals surface area contributed by atoms with Gasteiger partial charge in [0.25, 0.3) is 0 Å². The molecule has 0 aliphatic carbocycles. The fraction of sp³-hybridized carbons (Fsp3) is 0.615. The van der Waals surface area contributed by atoms with Gasteiger partial charge >= 0.3 is 0 Å². The summed E-state index contributed by atoms with van der Waals surface area (Å²) in [5.41, 5.74) is 0. The molecule has 0 unspecified atom stereocenters. The summed E-state index contributed by atoms with van der Waals surface area (Å²) >= 11 is 0. The molecule has 0 atom stereocenters. The summed E-state index contributed by atoms with van der Waals surface area (Å²) in [6, 6.07) is 0. The van der Waals surface area contributed by atoms with E-state index in [0.717, 1.165) is 50.9 Å². The smallest absolute Gasteiger partial charge is 0.202 e. The predicted octanol–water partition coefficient (Wildman–Crippen LogP) is 1.09. The zero-order valence-electron chi connectivity index (χ0n) is 12.1. The summed E-state index contributed by atoms with van der Waals surface area (Å²) in [5, 5.41) is 11.2. The Morgan fingerprint density at radius 2 is 2.30 bits per heavy atom. The lowest BCUT2D eigenvalue weighted by Gasteiger charge is -2.09. The highest BCUT2D eigenvalue weighted by Gasteiger charge is 2.04. The fourth-order valence-electron chi connectivity index (χ4n) is 1.96. The van der Waals surface area contributed by atoms with E-state index in [9.17, 15) is 0 Å². The van der Waals surface area contributed by atoms with Crippen LogP contribution >= 0.6 is 0 Å². The molecule has 110 valence electrons. The van der Waals surface area contributed by atoms with Gasteiger partial charge in [0.1, 0.15) is 12.2 Å². The lowest BCUT2D eigenvalue weighted by Crippen LogP contribution is -2.13. The third-order valence-corrected chi connectivity index (χ3v) is 3.04. The van der Waals surface area contributed by atoms with E-state index in [4.69, 9.17) is 4.74 Å². The average molecular weight is 278 g/mol. The van der Waals surface area contributed by atoms with Crippen LogP contribution in [-0.4, -0.2) is 44.1 Å². The molecular formula is C13H22N6O. The summed E-state index contributed by atoms with van der Waals surface area (Å²) in [6.07, 6.45) is 7.32. The van der Waals surface area contributed by atoms with E-state index >= 15 is 0 Å². The average Bonchev–Trinajstić information content (AvgIpc) is 3.05. The molecule has 0 amide bonds. The summed E-state index contributed by atoms with van der Waals surface area (Å²) in [4.78, 5) is 4.32. The SMILES string of the molecule is CCOCCCn1ccnc1NCCc1nncn1C. The van der Waals surface area contributed by atoms with Gasteiger partial charge in [-0.15, -0.1) is 10.2 Å². The van der Waals surface area contributed by atoms with Crippen molar-refractivity contribution in [3.05, 3.63) is 24.5 Å². The van der Waals surface area contributed by atoms with Crippen LogP contribution in [-0.2, 0) is 24.8 Å². The van der Waals surface area contributed by atoms with Gasteiger partial charge in [0.15, 0.2) is 0 Å². The van der Waals surface area contributed by atoms with E-state index in [-0.39, 0.29) is 0 Å². The van der Waals surface area contributed by atoms with Gasteiger partial charge in [0.2, 0.25) is 5.95 Å². The van der Waals surface area contributed by atoms with Gasteiger partial charge in [-0.2, -0.15) is 0 Å². The second-order valence-corrected chi connectivity index (χ2v) is 4.53. The number of ether oxygens (including phenoxy) is 1. The van der Waals surface area contributed by atoms with E-state index in [0.29, 0.717) is 0 Å². The standard InChI is InChI=1S/C13H22N6O/c1-3-20-10-4-8-19-9-7-15-13(19)14-6-5-12-17-16-11-18(12)2/h7,9,11H,3-6,8,10H2,1-2H3,(H,14,15). The topological polar surface area (TPSA) is 69.8 Å². The van der Waals surface area contributed by atoms with Crippen LogP contribution in [0, 0.1) is 0 Å². The van der Waals surface area contributed by atoms with Crippen LogP contribution in [0.1, 0.15) is 19.2 Å². The Labute approximate surface area is 119 Å². The van der Waals surface area contributed by atoms with Crippen molar-refractivity contribution >= 4 is 5.95 Å². The molecule has 0 aliphatic rings. The number of rotatable bonds is 9. The third-order valence-electron chi connectivity index (χ3n) is 3.04. The second-order valence-electron chi connectivity index (χ2n) is 4.53. The highest BCUT2D eigenvalue weighted by molar-refractivity contribution is 5.25. The number of hydrogen-bond acceptors (Lipinski definition) is 5. The third kappa shape index (κ3) is 4.06. The number of aryl methyl sites for hydroxylation is 2. The molecule has 0 aliphatic heterocycles. The summed E-state index contributed by atoms with van der Waals surface area (Å²) < 4.78 is 9.38. The monoisotopic (exact) mass is 278 g/mol. The maximum Gasteiger partial charge on any atom is 0.202 e. The van der Waals surface area contributed by atoms with Gasteiger partial charge in [-0.1, -0.05) is 0 Å². The molecule has 20 heavy (non-hydrogen) atoms. The zero-order valence-corrected chi connectivity index (χ0v) is 12.1. The van der Waals surface area contributed by atoms with E-state index < -0.39 is 0 Å². The number of nitrogens with zero attached hydrogens (tertiary/aromatic N) is 5. The molecular weight excluding hydrogens is 256 g/mol. The first kappa shape index (κ1) is 14.5. The molecule has 0 aromatic carbocycles. The minimum Gasteiger partial charge on any atom is -0.382 e. The molecule has 2 aromatic heterocycles. The van der Waals surface area contributed by atoms with Crippen molar-refractivity contribution in [3.63, 3.8) is 0 Å². The molecule has 1 N–H and O–H groups in total. The number of aromatic nitrogens is 5. The number of imidazole rings is 1. The van der Waals surface area contributed by atoms with Gasteiger partial charge in [0.05, 0.1) is 0 Å². The van der Waals surface area contributed by atoms with Crippen LogP contribution in [0.5, 0.6) is 0 Å². The van der Waals surface area contributed by atoms with Gasteiger partial charge in [0, 0.05) is 52.2 Å². The first-order valence-corrected chi connectivity index (χ1v) is 6.97. The predicted molar refractivity (Wildman–Crippen MR) is 76.5 cm³/mol. The van der Waals surface area contributed by atoms with Crippen molar-refractivity contribution in [2.75, 3.05) is 25.1 Å². The fourth-order valence-corrected chi connectivity index (χ4v) is 1.96. The molecule has 0 saturated carbocycles. The number of anilines is 1. The maximum absolute atomic E-state index is 5.34. The van der Waals surface area contributed by atoms with Crippen LogP contribution in [0.25, 0.3) is 0 Å². The molecule has 7 heteroatoms. The Bertz CT molecular complexity index is 506. The molecule has 0 fully saturated rings. The molecule has 0 bridgehead atoms. The number of nitrogens with one attached hydrogen (secondary N) is 1. The normalized spacial score (nSPS) is 10.9. The first-order valence-electron chi connectivity index (χ1n) is 6.97. The maximum atomic E-state index is 5.34. The van der Waals surface area contributed by atoms with Crippen LogP contribution in [0.2, 0.25) is 0 Å². The van der Waals surface area contributed by atoms with E-state index in [1.165, 1.54) is 0 Å². The Balaban J connectivity index is 1.75. The van der Waals surface area contributed by atoms with Crippen molar-refractivity contribution in [2.24, 2.45) is 7.05 Å². The van der Waals surface area contributed by atoms with Crippen molar-refractivity contribution in [3.8, 4) is 0 Å². The van der Waals surface area contributed by atoms with Gasteiger partial charge < -0.3 is 19.2 Å². The van der Waals surface area contributed by atoms with Crippen molar-refractivity contribution in [2.45, 2.75) is 26.3 Å². The zero-order chi connectivity index (χ0) is 14.2. The molecule has 0 radical (unpaired) electrons. The number of hydrogen-bond donors (Lipinski definition) is 1. The molecule has 2 aromatic rings.